The molecule has 0 spiro atoms. The molecular formula is C23H17N5O2. The number of aromatic nitrogens is 3. The van der Waals surface area contributed by atoms with Crippen molar-refractivity contribution in [3.8, 4) is 23.0 Å². The van der Waals surface area contributed by atoms with E-state index < -0.39 is 5.91 Å². The second-order valence-corrected chi connectivity index (χ2v) is 6.38. The second-order valence-electron chi connectivity index (χ2n) is 6.38. The van der Waals surface area contributed by atoms with Gasteiger partial charge in [-0.25, -0.2) is 4.68 Å². The normalized spacial score (nSPS) is 11.1. The lowest BCUT2D eigenvalue weighted by Gasteiger charge is -2.02. The van der Waals surface area contributed by atoms with Crippen LogP contribution in [0.2, 0.25) is 0 Å². The third kappa shape index (κ3) is 4.18. The van der Waals surface area contributed by atoms with Crippen LogP contribution in [0.4, 0.5) is 0 Å². The summed E-state index contributed by atoms with van der Waals surface area (Å²) in [5.41, 5.74) is 2.97. The average molecular weight is 395 g/mol. The van der Waals surface area contributed by atoms with Gasteiger partial charge in [-0.15, -0.1) is 0 Å². The van der Waals surface area contributed by atoms with Crippen molar-refractivity contribution < 1.29 is 9.21 Å². The van der Waals surface area contributed by atoms with Gasteiger partial charge < -0.3 is 9.73 Å². The van der Waals surface area contributed by atoms with E-state index >= 15 is 0 Å². The Morgan fingerprint density at radius 2 is 1.93 bits per heavy atom. The minimum absolute atomic E-state index is 0.0236. The van der Waals surface area contributed by atoms with Crippen LogP contribution in [0.1, 0.15) is 11.3 Å². The van der Waals surface area contributed by atoms with Crippen molar-refractivity contribution in [2.75, 3.05) is 0 Å². The van der Waals surface area contributed by atoms with E-state index in [9.17, 15) is 10.1 Å². The molecule has 0 aliphatic rings. The van der Waals surface area contributed by atoms with Crippen LogP contribution >= 0.6 is 0 Å². The summed E-state index contributed by atoms with van der Waals surface area (Å²) < 4.78 is 6.93. The molecule has 30 heavy (non-hydrogen) atoms. The summed E-state index contributed by atoms with van der Waals surface area (Å²) in [5.74, 6) is 0.122. The molecule has 1 aromatic carbocycles. The fourth-order valence-corrected chi connectivity index (χ4v) is 2.92. The highest BCUT2D eigenvalue weighted by molar-refractivity contribution is 6.02. The van der Waals surface area contributed by atoms with E-state index in [1.165, 1.54) is 6.26 Å². The van der Waals surface area contributed by atoms with Gasteiger partial charge in [0.05, 0.1) is 18.5 Å². The predicted octanol–water partition coefficient (Wildman–Crippen LogP) is 3.75. The zero-order chi connectivity index (χ0) is 20.8. The molecule has 0 saturated heterocycles. The van der Waals surface area contributed by atoms with Gasteiger partial charge in [0.2, 0.25) is 0 Å². The van der Waals surface area contributed by atoms with Crippen LogP contribution in [-0.2, 0) is 11.3 Å². The van der Waals surface area contributed by atoms with Gasteiger partial charge in [0, 0.05) is 29.7 Å². The van der Waals surface area contributed by atoms with Crippen LogP contribution in [0.5, 0.6) is 0 Å². The number of amides is 1. The highest BCUT2D eigenvalue weighted by Gasteiger charge is 2.15. The maximum absolute atomic E-state index is 12.5. The maximum atomic E-state index is 12.5. The molecule has 3 aromatic heterocycles. The number of pyridine rings is 1. The quantitative estimate of drug-likeness (QED) is 0.396. The molecular weight excluding hydrogens is 378 g/mol. The summed E-state index contributed by atoms with van der Waals surface area (Å²) >= 11 is 0. The fraction of sp³-hybridized carbons (Fsp3) is 0.0435. The lowest BCUT2D eigenvalue weighted by atomic mass is 10.1. The molecule has 7 nitrogen and oxygen atoms in total. The summed E-state index contributed by atoms with van der Waals surface area (Å²) in [6, 6.07) is 18.7. The minimum atomic E-state index is -0.484. The van der Waals surface area contributed by atoms with Crippen molar-refractivity contribution in [3.63, 3.8) is 0 Å². The molecule has 0 aliphatic carbocycles. The number of nitriles is 1. The molecule has 0 atom stereocenters. The Kier molecular flexibility index (Phi) is 5.49. The summed E-state index contributed by atoms with van der Waals surface area (Å²) in [6.07, 6.45) is 8.21. The first-order chi connectivity index (χ1) is 14.7. The van der Waals surface area contributed by atoms with Crippen molar-refractivity contribution >= 4 is 12.0 Å². The van der Waals surface area contributed by atoms with Crippen molar-refractivity contribution in [2.45, 2.75) is 6.54 Å². The van der Waals surface area contributed by atoms with Crippen molar-refractivity contribution in [2.24, 2.45) is 0 Å². The summed E-state index contributed by atoms with van der Waals surface area (Å²) in [5, 5.41) is 16.9. The van der Waals surface area contributed by atoms with E-state index in [4.69, 9.17) is 4.42 Å². The number of benzene rings is 1. The molecule has 146 valence electrons. The molecule has 0 saturated carbocycles. The van der Waals surface area contributed by atoms with E-state index in [0.717, 1.165) is 11.3 Å². The van der Waals surface area contributed by atoms with Gasteiger partial charge in [-0.2, -0.15) is 10.4 Å². The molecule has 4 rings (SSSR count). The number of carbonyl (C=O) groups is 1. The van der Waals surface area contributed by atoms with E-state index in [-0.39, 0.29) is 12.1 Å². The van der Waals surface area contributed by atoms with Gasteiger partial charge in [0.25, 0.3) is 5.91 Å². The van der Waals surface area contributed by atoms with Crippen molar-refractivity contribution in [1.29, 1.82) is 5.26 Å². The lowest BCUT2D eigenvalue weighted by molar-refractivity contribution is -0.117. The SMILES string of the molecule is N#C/C(=C/c1cn(-c2ccccc2)nc1-c1ccncc1)C(=O)NCc1ccco1. The van der Waals surface area contributed by atoms with E-state index in [1.807, 2.05) is 48.5 Å². The topological polar surface area (TPSA) is 96.7 Å². The first-order valence-electron chi connectivity index (χ1n) is 9.22. The number of nitrogens with zero attached hydrogens (tertiary/aromatic N) is 4. The van der Waals surface area contributed by atoms with Gasteiger partial charge in [-0.3, -0.25) is 9.78 Å². The Morgan fingerprint density at radius 3 is 2.63 bits per heavy atom. The van der Waals surface area contributed by atoms with Gasteiger partial charge in [0.1, 0.15) is 23.1 Å². The van der Waals surface area contributed by atoms with Crippen LogP contribution in [0, 0.1) is 11.3 Å². The summed E-state index contributed by atoms with van der Waals surface area (Å²) in [6.45, 7) is 0.200. The highest BCUT2D eigenvalue weighted by Crippen LogP contribution is 2.25. The number of carbonyl (C=O) groups excluding carboxylic acids is 1. The molecule has 7 heteroatoms. The Morgan fingerprint density at radius 1 is 1.13 bits per heavy atom. The largest absolute Gasteiger partial charge is 0.467 e. The number of hydrogen-bond acceptors (Lipinski definition) is 5. The van der Waals surface area contributed by atoms with E-state index in [2.05, 4.69) is 15.4 Å². The smallest absolute Gasteiger partial charge is 0.262 e. The van der Waals surface area contributed by atoms with E-state index in [1.54, 1.807) is 41.5 Å². The lowest BCUT2D eigenvalue weighted by Crippen LogP contribution is -2.23. The monoisotopic (exact) mass is 395 g/mol. The first kappa shape index (κ1) is 18.9. The Labute approximate surface area is 172 Å². The van der Waals surface area contributed by atoms with Crippen LogP contribution < -0.4 is 5.32 Å². The number of para-hydroxylation sites is 1. The second kappa shape index (κ2) is 8.71. The number of nitrogens with one attached hydrogen (secondary N) is 1. The predicted molar refractivity (Wildman–Crippen MR) is 111 cm³/mol. The summed E-state index contributed by atoms with van der Waals surface area (Å²) in [7, 11) is 0. The number of hydrogen-bond donors (Lipinski definition) is 1. The Balaban J connectivity index is 1.69. The van der Waals surface area contributed by atoms with Crippen LogP contribution in [0.25, 0.3) is 23.0 Å². The molecule has 0 unspecified atom stereocenters. The molecule has 3 heterocycles. The van der Waals surface area contributed by atoms with E-state index in [0.29, 0.717) is 17.0 Å². The fourth-order valence-electron chi connectivity index (χ4n) is 2.92. The molecule has 4 aromatic rings. The third-order valence-electron chi connectivity index (χ3n) is 4.39. The molecule has 0 radical (unpaired) electrons. The van der Waals surface area contributed by atoms with Crippen LogP contribution in [0.15, 0.2) is 89.4 Å². The molecule has 1 amide bonds. The molecule has 0 bridgehead atoms. The third-order valence-corrected chi connectivity index (χ3v) is 4.39. The first-order valence-corrected chi connectivity index (χ1v) is 9.22. The van der Waals surface area contributed by atoms with Crippen LogP contribution in [-0.4, -0.2) is 20.7 Å². The molecule has 0 fully saturated rings. The minimum Gasteiger partial charge on any atom is -0.467 e. The Bertz CT molecular complexity index is 1200. The number of rotatable bonds is 6. The summed E-state index contributed by atoms with van der Waals surface area (Å²) in [4.78, 5) is 16.6. The molecule has 0 aliphatic heterocycles. The van der Waals surface area contributed by atoms with Gasteiger partial charge in [-0.1, -0.05) is 18.2 Å². The average Bonchev–Trinajstić information content (AvgIpc) is 3.47. The maximum Gasteiger partial charge on any atom is 0.262 e. The van der Waals surface area contributed by atoms with Gasteiger partial charge in [0.15, 0.2) is 0 Å². The van der Waals surface area contributed by atoms with Crippen LogP contribution in [0.3, 0.4) is 0 Å². The van der Waals surface area contributed by atoms with Crippen molar-refractivity contribution in [1.82, 2.24) is 20.1 Å². The zero-order valence-electron chi connectivity index (χ0n) is 15.9. The molecule has 1 N–H and O–H groups in total. The number of furan rings is 1. The zero-order valence-corrected chi connectivity index (χ0v) is 15.9. The van der Waals surface area contributed by atoms with Gasteiger partial charge >= 0.3 is 0 Å². The van der Waals surface area contributed by atoms with Gasteiger partial charge in [-0.05, 0) is 42.5 Å². The van der Waals surface area contributed by atoms with Crippen molar-refractivity contribution in [3.05, 3.63) is 96.3 Å². The Hall–Kier alpha value is -4.44. The highest BCUT2D eigenvalue weighted by atomic mass is 16.3. The standard InChI is InChI=1S/C23H17N5O2/c24-14-18(23(29)26-15-21-7-4-12-30-21)13-19-16-28(20-5-2-1-3-6-20)27-22(19)17-8-10-25-11-9-17/h1-13,16H,15H2,(H,26,29)/b18-13-.